The first-order chi connectivity index (χ1) is 28.5. The van der Waals surface area contributed by atoms with Crippen molar-refractivity contribution in [1.29, 1.82) is 0 Å². The van der Waals surface area contributed by atoms with Crippen LogP contribution in [0.5, 0.6) is 0 Å². The van der Waals surface area contributed by atoms with Gasteiger partial charge in [0.25, 0.3) is 0 Å². The van der Waals surface area contributed by atoms with Crippen LogP contribution in [-0.2, 0) is 5.41 Å². The summed E-state index contributed by atoms with van der Waals surface area (Å²) in [7, 11) is 0. The summed E-state index contributed by atoms with van der Waals surface area (Å²) in [5.74, 6) is 1.90. The first kappa shape index (κ1) is 33.8. The largest absolute Gasteiger partial charge is 0.294 e. The Bertz CT molecular complexity index is 3040. The van der Waals surface area contributed by atoms with E-state index in [0.29, 0.717) is 17.5 Å². The molecule has 274 valence electrons. The van der Waals surface area contributed by atoms with Gasteiger partial charge in [-0.15, -0.1) is 0 Å². The maximum atomic E-state index is 5.38. The van der Waals surface area contributed by atoms with Gasteiger partial charge < -0.3 is 0 Å². The first-order valence-electron chi connectivity index (χ1n) is 19.7. The van der Waals surface area contributed by atoms with Gasteiger partial charge in [-0.1, -0.05) is 166 Å². The number of hydrogen-bond donors (Lipinski definition) is 0. The molecule has 7 aromatic carbocycles. The fourth-order valence-corrected chi connectivity index (χ4v) is 8.99. The van der Waals surface area contributed by atoms with Gasteiger partial charge in [0.1, 0.15) is 5.65 Å². The lowest BCUT2D eigenvalue weighted by Crippen LogP contribution is -2.15. The number of hydrogen-bond acceptors (Lipinski definition) is 4. The zero-order valence-electron chi connectivity index (χ0n) is 32.1. The Morgan fingerprint density at radius 1 is 0.414 bits per heavy atom. The summed E-state index contributed by atoms with van der Waals surface area (Å²) in [6.07, 6.45) is 1.88. The molecule has 0 amide bonds. The number of benzene rings is 7. The van der Waals surface area contributed by atoms with E-state index in [1.807, 2.05) is 24.4 Å². The molecule has 0 aliphatic heterocycles. The third-order valence-electron chi connectivity index (χ3n) is 11.8. The van der Waals surface area contributed by atoms with Crippen molar-refractivity contribution >= 4 is 21.9 Å². The standard InChI is InChI=1S/C53H37N5/c1-53(2)45-28-15-26-44(48(45)43-31-30-36(33-46(43)53)58-47-29-14-13-23-39(47)42-27-16-32-54-52(42)58)51-56-49(40-24-11-9-21-37(40)34-17-5-3-6-18-34)55-50(57-51)41-25-12-10-22-38(41)35-19-7-4-8-20-35/h3-33H,1-2H3. The Hall–Kier alpha value is -7.50. The van der Waals surface area contributed by atoms with Gasteiger partial charge in [-0.25, -0.2) is 19.9 Å². The van der Waals surface area contributed by atoms with E-state index in [1.54, 1.807) is 0 Å². The van der Waals surface area contributed by atoms with Crippen LogP contribution in [0.1, 0.15) is 25.0 Å². The highest BCUT2D eigenvalue weighted by molar-refractivity contribution is 6.08. The van der Waals surface area contributed by atoms with E-state index < -0.39 is 0 Å². The highest BCUT2D eigenvalue weighted by Gasteiger charge is 2.38. The van der Waals surface area contributed by atoms with Crippen LogP contribution in [0.3, 0.4) is 0 Å². The highest BCUT2D eigenvalue weighted by atomic mass is 15.0. The topological polar surface area (TPSA) is 56.5 Å². The number of fused-ring (bicyclic) bond motifs is 6. The molecular formula is C53H37N5. The molecule has 0 atom stereocenters. The number of nitrogens with zero attached hydrogens (tertiary/aromatic N) is 5. The normalized spacial score (nSPS) is 12.8. The third kappa shape index (κ3) is 5.31. The van der Waals surface area contributed by atoms with Crippen molar-refractivity contribution in [2.45, 2.75) is 19.3 Å². The molecule has 0 N–H and O–H groups in total. The minimum absolute atomic E-state index is 0.290. The van der Waals surface area contributed by atoms with Crippen molar-refractivity contribution in [3.63, 3.8) is 0 Å². The lowest BCUT2D eigenvalue weighted by molar-refractivity contribution is 0.660. The van der Waals surface area contributed by atoms with Gasteiger partial charge in [-0.2, -0.15) is 0 Å². The first-order valence-corrected chi connectivity index (χ1v) is 19.7. The quantitative estimate of drug-likeness (QED) is 0.170. The third-order valence-corrected chi connectivity index (χ3v) is 11.8. The maximum Gasteiger partial charge on any atom is 0.164 e. The Labute approximate surface area is 337 Å². The smallest absolute Gasteiger partial charge is 0.164 e. The maximum absolute atomic E-state index is 5.38. The second-order valence-electron chi connectivity index (χ2n) is 15.4. The van der Waals surface area contributed by atoms with E-state index in [2.05, 4.69) is 182 Å². The van der Waals surface area contributed by atoms with Crippen LogP contribution in [-0.4, -0.2) is 24.5 Å². The van der Waals surface area contributed by atoms with E-state index in [4.69, 9.17) is 19.9 Å². The van der Waals surface area contributed by atoms with E-state index in [1.165, 1.54) is 22.1 Å². The van der Waals surface area contributed by atoms with Crippen LogP contribution < -0.4 is 0 Å². The van der Waals surface area contributed by atoms with Crippen LogP contribution in [0.4, 0.5) is 0 Å². The molecular weight excluding hydrogens is 707 g/mol. The fraction of sp³-hybridized carbons (Fsp3) is 0.0566. The van der Waals surface area contributed by atoms with Gasteiger partial charge in [0.2, 0.25) is 0 Å². The molecule has 10 aromatic rings. The van der Waals surface area contributed by atoms with Crippen LogP contribution in [0, 0.1) is 0 Å². The molecule has 0 unspecified atom stereocenters. The molecule has 5 nitrogen and oxygen atoms in total. The SMILES string of the molecule is CC1(C)c2cc(-n3c4ccccc4c4cccnc43)ccc2-c2c(-c3nc(-c4ccccc4-c4ccccc4)nc(-c4ccccc4-c4ccccc4)n3)cccc21. The molecule has 0 fully saturated rings. The van der Waals surface area contributed by atoms with Crippen LogP contribution >= 0.6 is 0 Å². The summed E-state index contributed by atoms with van der Waals surface area (Å²) < 4.78 is 2.30. The number of pyridine rings is 1. The average Bonchev–Trinajstić information content (AvgIpc) is 3.75. The predicted octanol–water partition coefficient (Wildman–Crippen LogP) is 13.0. The van der Waals surface area contributed by atoms with Gasteiger partial charge >= 0.3 is 0 Å². The molecule has 1 aliphatic carbocycles. The van der Waals surface area contributed by atoms with Crippen molar-refractivity contribution in [3.05, 3.63) is 199 Å². The number of para-hydroxylation sites is 1. The molecule has 5 heteroatoms. The lowest BCUT2D eigenvalue weighted by atomic mass is 9.82. The molecule has 0 bridgehead atoms. The summed E-state index contributed by atoms with van der Waals surface area (Å²) >= 11 is 0. The van der Waals surface area contributed by atoms with Crippen molar-refractivity contribution in [2.24, 2.45) is 0 Å². The number of aromatic nitrogens is 5. The van der Waals surface area contributed by atoms with E-state index in [9.17, 15) is 0 Å². The van der Waals surface area contributed by atoms with E-state index in [0.717, 1.165) is 66.7 Å². The molecule has 1 aliphatic rings. The molecule has 0 radical (unpaired) electrons. The molecule has 0 saturated carbocycles. The van der Waals surface area contributed by atoms with Crippen molar-refractivity contribution in [2.75, 3.05) is 0 Å². The molecule has 58 heavy (non-hydrogen) atoms. The summed E-state index contributed by atoms with van der Waals surface area (Å²) in [5.41, 5.74) is 15.0. The Kier molecular flexibility index (Phi) is 7.76. The summed E-state index contributed by atoms with van der Waals surface area (Å²) in [4.78, 5) is 20.9. The van der Waals surface area contributed by atoms with Crippen LogP contribution in [0.25, 0.3) is 95.2 Å². The second kappa shape index (κ2) is 13.3. The zero-order valence-corrected chi connectivity index (χ0v) is 32.1. The van der Waals surface area contributed by atoms with Gasteiger partial charge in [-0.3, -0.25) is 4.57 Å². The predicted molar refractivity (Wildman–Crippen MR) is 237 cm³/mol. The Balaban J connectivity index is 1.14. The Morgan fingerprint density at radius 2 is 0.948 bits per heavy atom. The minimum atomic E-state index is -0.290. The summed E-state index contributed by atoms with van der Waals surface area (Å²) in [6.45, 7) is 4.65. The lowest BCUT2D eigenvalue weighted by Gasteiger charge is -2.22. The average molecular weight is 744 g/mol. The minimum Gasteiger partial charge on any atom is -0.294 e. The fourth-order valence-electron chi connectivity index (χ4n) is 8.99. The zero-order chi connectivity index (χ0) is 38.8. The molecule has 3 aromatic heterocycles. The van der Waals surface area contributed by atoms with Crippen molar-refractivity contribution < 1.29 is 0 Å². The van der Waals surface area contributed by atoms with E-state index in [-0.39, 0.29) is 5.41 Å². The van der Waals surface area contributed by atoms with Crippen molar-refractivity contribution in [1.82, 2.24) is 24.5 Å². The summed E-state index contributed by atoms with van der Waals surface area (Å²) in [6, 6.07) is 63.9. The summed E-state index contributed by atoms with van der Waals surface area (Å²) in [5, 5.41) is 2.34. The highest BCUT2D eigenvalue weighted by Crippen LogP contribution is 2.53. The van der Waals surface area contributed by atoms with Gasteiger partial charge in [-0.05, 0) is 74.8 Å². The van der Waals surface area contributed by atoms with Crippen LogP contribution in [0.15, 0.2) is 188 Å². The van der Waals surface area contributed by atoms with Gasteiger partial charge in [0.15, 0.2) is 17.5 Å². The molecule has 0 spiro atoms. The molecule has 3 heterocycles. The van der Waals surface area contributed by atoms with Gasteiger partial charge in [0, 0.05) is 44.8 Å². The molecule has 0 saturated heterocycles. The van der Waals surface area contributed by atoms with Gasteiger partial charge in [0.05, 0.1) is 5.52 Å². The molecule has 11 rings (SSSR count). The van der Waals surface area contributed by atoms with Crippen LogP contribution in [0.2, 0.25) is 0 Å². The Morgan fingerprint density at radius 3 is 1.60 bits per heavy atom. The van der Waals surface area contributed by atoms with Crippen molar-refractivity contribution in [3.8, 4) is 73.2 Å². The number of rotatable bonds is 6. The monoisotopic (exact) mass is 743 g/mol. The van der Waals surface area contributed by atoms with E-state index >= 15 is 0 Å². The second-order valence-corrected chi connectivity index (χ2v) is 15.4.